The Morgan fingerprint density at radius 2 is 1.68 bits per heavy atom. The van der Waals surface area contributed by atoms with Crippen LogP contribution in [0.25, 0.3) is 0 Å². The van der Waals surface area contributed by atoms with Crippen LogP contribution in [0.2, 0.25) is 0 Å². The lowest BCUT2D eigenvalue weighted by atomic mass is 9.97. The third-order valence-electron chi connectivity index (χ3n) is 6.18. The van der Waals surface area contributed by atoms with E-state index in [1.807, 2.05) is 19.1 Å². The van der Waals surface area contributed by atoms with Crippen molar-refractivity contribution in [2.45, 2.75) is 58.7 Å². The summed E-state index contributed by atoms with van der Waals surface area (Å²) in [6, 6.07) is 5.10. The molecule has 0 radical (unpaired) electrons. The summed E-state index contributed by atoms with van der Waals surface area (Å²) in [4.78, 5) is 14.1. The van der Waals surface area contributed by atoms with E-state index in [9.17, 15) is 18.0 Å². The second-order valence-corrected chi connectivity index (χ2v) is 9.19. The Morgan fingerprint density at radius 3 is 2.24 bits per heavy atom. The number of piperidine rings is 1. The number of carbonyl (C=O) groups excluding carboxylic acids is 1. The van der Waals surface area contributed by atoms with Crippen molar-refractivity contribution in [3.05, 3.63) is 60.5 Å². The van der Waals surface area contributed by atoms with E-state index in [1.165, 1.54) is 56.2 Å². The molecule has 37 heavy (non-hydrogen) atoms. The minimum absolute atomic E-state index is 0.285. The van der Waals surface area contributed by atoms with Crippen LogP contribution in [-0.4, -0.2) is 44.1 Å². The fourth-order valence-electron chi connectivity index (χ4n) is 4.08. The average molecular weight is 525 g/mol. The number of allylic oxidation sites excluding steroid dienone is 4. The van der Waals surface area contributed by atoms with Gasteiger partial charge in [0, 0.05) is 26.1 Å². The summed E-state index contributed by atoms with van der Waals surface area (Å²) >= 11 is 0. The maximum absolute atomic E-state index is 12.1. The number of ether oxygens (including phenoxy) is 3. The quantitative estimate of drug-likeness (QED) is 0.225. The molecule has 1 N–H and O–H groups in total. The van der Waals surface area contributed by atoms with Gasteiger partial charge in [0.05, 0.1) is 5.70 Å². The molecule has 3 rings (SSSR count). The van der Waals surface area contributed by atoms with Crippen LogP contribution < -0.4 is 14.8 Å². The van der Waals surface area contributed by atoms with E-state index in [-0.39, 0.29) is 12.5 Å². The first-order valence-electron chi connectivity index (χ1n) is 12.8. The summed E-state index contributed by atoms with van der Waals surface area (Å²) in [5.74, 6) is 1.72. The molecule has 1 aromatic carbocycles. The molecule has 2 aliphatic rings. The molecule has 9 heteroatoms. The first-order chi connectivity index (χ1) is 17.7. The molecule has 1 saturated heterocycles. The third kappa shape index (κ3) is 12.2. The van der Waals surface area contributed by atoms with Gasteiger partial charge in [-0.1, -0.05) is 38.0 Å². The molecule has 2 fully saturated rings. The molecule has 0 unspecified atom stereocenters. The van der Waals surface area contributed by atoms with Crippen molar-refractivity contribution in [1.82, 2.24) is 10.2 Å². The number of halogens is 3. The predicted molar refractivity (Wildman–Crippen MR) is 138 cm³/mol. The normalized spacial score (nSPS) is 17.7. The number of hydrogen-bond donors (Lipinski definition) is 1. The molecule has 0 spiro atoms. The predicted octanol–water partition coefficient (Wildman–Crippen LogP) is 6.57. The van der Waals surface area contributed by atoms with E-state index < -0.39 is 6.36 Å². The summed E-state index contributed by atoms with van der Waals surface area (Å²) in [7, 11) is 1.54. The lowest BCUT2D eigenvalue weighted by molar-refractivity contribution is -0.274. The zero-order valence-electron chi connectivity index (χ0n) is 21.9. The first-order valence-corrected chi connectivity index (χ1v) is 12.8. The maximum Gasteiger partial charge on any atom is 0.573 e. The number of likely N-dealkylation sites (tertiary alicyclic amines) is 1. The van der Waals surface area contributed by atoms with Crippen LogP contribution in [0.1, 0.15) is 52.4 Å². The van der Waals surface area contributed by atoms with Crippen molar-refractivity contribution >= 4 is 5.91 Å². The van der Waals surface area contributed by atoms with E-state index >= 15 is 0 Å². The number of nitrogens with one attached hydrogen (secondary N) is 1. The van der Waals surface area contributed by atoms with Gasteiger partial charge in [0.25, 0.3) is 0 Å². The number of alkyl halides is 3. The lowest BCUT2D eigenvalue weighted by Gasteiger charge is -2.32. The van der Waals surface area contributed by atoms with Gasteiger partial charge in [-0.25, -0.2) is 0 Å². The molecule has 6 nitrogen and oxygen atoms in total. The number of amides is 1. The van der Waals surface area contributed by atoms with Crippen molar-refractivity contribution in [3.8, 4) is 11.5 Å². The van der Waals surface area contributed by atoms with E-state index in [2.05, 4.69) is 21.9 Å². The molecular formula is C28H39F3N2O4. The van der Waals surface area contributed by atoms with Crippen molar-refractivity contribution in [2.24, 2.45) is 11.8 Å². The Bertz CT molecular complexity index is 884. The minimum atomic E-state index is -4.71. The number of nitrogens with zero attached hydrogens (tertiary/aromatic N) is 1. The van der Waals surface area contributed by atoms with Gasteiger partial charge in [0.2, 0.25) is 5.91 Å². The standard InChI is InChI=1S/C16H18F3NO3.C12H21NO/c1-3-4-5-6-13(20-12-21-2)11-22-14-7-9-15(10-8-14)23-16(17,18)19;1-10-6-8-13(9-7-10)12(14)11-4-2-3-5-11/h3-11,20H,12H2,1-2H3;10-11H,2-9H2,1H3/b4-3-,6-5-,13-11-;. The van der Waals surface area contributed by atoms with Crippen LogP contribution in [0.3, 0.4) is 0 Å². The lowest BCUT2D eigenvalue weighted by Crippen LogP contribution is -2.40. The molecule has 1 aliphatic heterocycles. The maximum atomic E-state index is 12.1. The van der Waals surface area contributed by atoms with Gasteiger partial charge in [-0.2, -0.15) is 0 Å². The smallest absolute Gasteiger partial charge is 0.463 e. The molecule has 0 bridgehead atoms. The molecule has 1 aromatic rings. The van der Waals surface area contributed by atoms with Crippen LogP contribution >= 0.6 is 0 Å². The molecule has 1 heterocycles. The molecule has 1 aliphatic carbocycles. The van der Waals surface area contributed by atoms with Crippen LogP contribution in [0.4, 0.5) is 13.2 Å². The van der Waals surface area contributed by atoms with Gasteiger partial charge in [-0.05, 0) is 68.9 Å². The van der Waals surface area contributed by atoms with Crippen molar-refractivity contribution in [1.29, 1.82) is 0 Å². The average Bonchev–Trinajstić information content (AvgIpc) is 3.41. The van der Waals surface area contributed by atoms with Crippen molar-refractivity contribution in [2.75, 3.05) is 26.9 Å². The Kier molecular flexibility index (Phi) is 13.1. The zero-order valence-corrected chi connectivity index (χ0v) is 21.9. The fraction of sp³-hybridized carbons (Fsp3) is 0.536. The topological polar surface area (TPSA) is 60.0 Å². The second kappa shape index (κ2) is 16.0. The monoisotopic (exact) mass is 524 g/mol. The molecule has 0 atom stereocenters. The highest BCUT2D eigenvalue weighted by Gasteiger charge is 2.31. The number of benzene rings is 1. The summed E-state index contributed by atoms with van der Waals surface area (Å²) < 4.78 is 50.3. The largest absolute Gasteiger partial charge is 0.573 e. The second-order valence-electron chi connectivity index (χ2n) is 9.19. The first kappa shape index (κ1) is 30.3. The fourth-order valence-corrected chi connectivity index (χ4v) is 4.08. The Labute approximate surface area is 218 Å². The van der Waals surface area contributed by atoms with E-state index in [0.717, 1.165) is 31.8 Å². The summed E-state index contributed by atoms with van der Waals surface area (Å²) in [5.41, 5.74) is 0.639. The Balaban J connectivity index is 0.000000291. The SMILES string of the molecule is CC1CCN(C(=O)C2CCCC2)CC1.C\C=C/C=C\C(=C\Oc1ccc(OC(F)(F)F)cc1)NCOC. The number of methoxy groups -OCH3 is 1. The molecular weight excluding hydrogens is 485 g/mol. The Morgan fingerprint density at radius 1 is 1.05 bits per heavy atom. The van der Waals surface area contributed by atoms with E-state index in [1.54, 1.807) is 19.3 Å². The highest BCUT2D eigenvalue weighted by molar-refractivity contribution is 5.79. The van der Waals surface area contributed by atoms with Gasteiger partial charge in [0.15, 0.2) is 0 Å². The summed E-state index contributed by atoms with van der Waals surface area (Å²) in [6.45, 7) is 6.48. The van der Waals surface area contributed by atoms with Crippen molar-refractivity contribution in [3.63, 3.8) is 0 Å². The zero-order chi connectivity index (χ0) is 27.1. The van der Waals surface area contributed by atoms with E-state index in [0.29, 0.717) is 23.3 Å². The van der Waals surface area contributed by atoms with Crippen LogP contribution in [0.15, 0.2) is 60.5 Å². The number of hydrogen-bond acceptors (Lipinski definition) is 5. The highest BCUT2D eigenvalue weighted by atomic mass is 19.4. The molecule has 1 saturated carbocycles. The molecule has 206 valence electrons. The van der Waals surface area contributed by atoms with Gasteiger partial charge >= 0.3 is 6.36 Å². The van der Waals surface area contributed by atoms with E-state index in [4.69, 9.17) is 9.47 Å². The van der Waals surface area contributed by atoms with Crippen LogP contribution in [0.5, 0.6) is 11.5 Å². The van der Waals surface area contributed by atoms with Gasteiger partial charge in [-0.3, -0.25) is 4.79 Å². The number of carbonyl (C=O) groups is 1. The van der Waals surface area contributed by atoms with Gasteiger partial charge in [0.1, 0.15) is 24.5 Å². The minimum Gasteiger partial charge on any atom is -0.463 e. The third-order valence-corrected chi connectivity index (χ3v) is 6.18. The molecule has 0 aromatic heterocycles. The van der Waals surface area contributed by atoms with Crippen molar-refractivity contribution < 1.29 is 32.2 Å². The van der Waals surface area contributed by atoms with Crippen LogP contribution in [-0.2, 0) is 9.53 Å². The summed E-state index contributed by atoms with van der Waals surface area (Å²) in [6.07, 6.45) is 11.2. The van der Waals surface area contributed by atoms with Gasteiger partial charge < -0.3 is 24.4 Å². The molecule has 1 amide bonds. The Hall–Kier alpha value is -2.94. The summed E-state index contributed by atoms with van der Waals surface area (Å²) in [5, 5.41) is 2.96. The highest BCUT2D eigenvalue weighted by Crippen LogP contribution is 2.28. The van der Waals surface area contributed by atoms with Crippen LogP contribution in [0, 0.1) is 11.8 Å². The van der Waals surface area contributed by atoms with Gasteiger partial charge in [-0.15, -0.1) is 13.2 Å². The number of rotatable bonds is 9.